The molecule has 1 N–H and O–H groups in total. The first-order chi connectivity index (χ1) is 9.83. The predicted octanol–water partition coefficient (Wildman–Crippen LogP) is 4.26. The summed E-state index contributed by atoms with van der Waals surface area (Å²) in [5.74, 6) is 1.99. The first-order valence-corrected chi connectivity index (χ1v) is 6.95. The largest absolute Gasteiger partial charge is 0.469 e. The van der Waals surface area contributed by atoms with Crippen LogP contribution in [-0.4, -0.2) is 11.0 Å². The maximum absolute atomic E-state index is 5.36. The molecular weight excluding hydrogens is 248 g/mol. The van der Waals surface area contributed by atoms with Gasteiger partial charge in [0.05, 0.1) is 6.26 Å². The van der Waals surface area contributed by atoms with Crippen LogP contribution in [0.4, 0.5) is 5.82 Å². The van der Waals surface area contributed by atoms with Gasteiger partial charge in [-0.1, -0.05) is 24.3 Å². The number of aryl methyl sites for hydroxylation is 1. The van der Waals surface area contributed by atoms with Crippen molar-refractivity contribution in [3.05, 3.63) is 60.7 Å². The Hall–Kier alpha value is -2.29. The summed E-state index contributed by atoms with van der Waals surface area (Å²) in [4.78, 5) is 4.46. The summed E-state index contributed by atoms with van der Waals surface area (Å²) in [5.41, 5.74) is 0. The van der Waals surface area contributed by atoms with Gasteiger partial charge in [0.2, 0.25) is 0 Å². The molecule has 3 nitrogen and oxygen atoms in total. The van der Waals surface area contributed by atoms with Crippen molar-refractivity contribution < 1.29 is 4.42 Å². The average Bonchev–Trinajstić information content (AvgIpc) is 2.99. The minimum atomic E-state index is 0.346. The molecule has 3 rings (SSSR count). The molecule has 0 radical (unpaired) electrons. The van der Waals surface area contributed by atoms with Crippen molar-refractivity contribution in [1.82, 2.24) is 4.98 Å². The number of nitrogens with one attached hydrogen (secondary N) is 1. The Morgan fingerprint density at radius 3 is 2.90 bits per heavy atom. The summed E-state index contributed by atoms with van der Waals surface area (Å²) >= 11 is 0. The molecule has 3 aromatic rings. The lowest BCUT2D eigenvalue weighted by Gasteiger charge is -2.15. The molecule has 0 saturated carbocycles. The van der Waals surface area contributed by atoms with E-state index in [2.05, 4.69) is 29.4 Å². The number of benzene rings is 1. The Balaban J connectivity index is 1.69. The van der Waals surface area contributed by atoms with E-state index in [9.17, 15) is 0 Å². The Bertz CT molecular complexity index is 671. The number of rotatable bonds is 5. The highest BCUT2D eigenvalue weighted by Crippen LogP contribution is 2.21. The van der Waals surface area contributed by atoms with Gasteiger partial charge in [0, 0.05) is 24.0 Å². The number of nitrogens with zero attached hydrogens (tertiary/aromatic N) is 1. The summed E-state index contributed by atoms with van der Waals surface area (Å²) < 4.78 is 5.36. The lowest BCUT2D eigenvalue weighted by molar-refractivity contribution is 0.495. The van der Waals surface area contributed by atoms with Crippen molar-refractivity contribution in [1.29, 1.82) is 0 Å². The van der Waals surface area contributed by atoms with E-state index < -0.39 is 0 Å². The fourth-order valence-corrected chi connectivity index (χ4v) is 2.35. The van der Waals surface area contributed by atoms with Crippen LogP contribution in [0.5, 0.6) is 0 Å². The molecule has 2 aromatic heterocycles. The molecule has 0 amide bonds. The van der Waals surface area contributed by atoms with Crippen molar-refractivity contribution in [2.75, 3.05) is 5.32 Å². The zero-order chi connectivity index (χ0) is 13.8. The van der Waals surface area contributed by atoms with Crippen LogP contribution in [0.1, 0.15) is 19.1 Å². The Morgan fingerprint density at radius 2 is 2.05 bits per heavy atom. The van der Waals surface area contributed by atoms with Crippen molar-refractivity contribution >= 4 is 16.6 Å². The molecule has 1 aromatic carbocycles. The standard InChI is InChI=1S/C17H18N2O/c1-13(8-9-15-6-4-12-20-15)19-17-16-7-3-2-5-14(16)10-11-18-17/h2-7,10-13H,8-9H2,1H3,(H,18,19). The van der Waals surface area contributed by atoms with E-state index in [4.69, 9.17) is 4.42 Å². The third-order valence-corrected chi connectivity index (χ3v) is 3.46. The molecule has 0 aliphatic heterocycles. The molecule has 0 bridgehead atoms. The zero-order valence-electron chi connectivity index (χ0n) is 11.5. The molecule has 0 aliphatic carbocycles. The van der Waals surface area contributed by atoms with Crippen molar-refractivity contribution in [3.8, 4) is 0 Å². The van der Waals surface area contributed by atoms with Gasteiger partial charge < -0.3 is 9.73 Å². The minimum Gasteiger partial charge on any atom is -0.469 e. The monoisotopic (exact) mass is 266 g/mol. The van der Waals surface area contributed by atoms with E-state index in [1.54, 1.807) is 6.26 Å². The highest BCUT2D eigenvalue weighted by molar-refractivity contribution is 5.91. The van der Waals surface area contributed by atoms with Gasteiger partial charge in [-0.15, -0.1) is 0 Å². The van der Waals surface area contributed by atoms with E-state index in [-0.39, 0.29) is 0 Å². The first kappa shape index (κ1) is 12.7. The van der Waals surface area contributed by atoms with Gasteiger partial charge in [0.1, 0.15) is 11.6 Å². The molecule has 2 heterocycles. The van der Waals surface area contributed by atoms with Crippen molar-refractivity contribution in [3.63, 3.8) is 0 Å². The van der Waals surface area contributed by atoms with Crippen molar-refractivity contribution in [2.45, 2.75) is 25.8 Å². The highest BCUT2D eigenvalue weighted by atomic mass is 16.3. The molecular formula is C17H18N2O. The van der Waals surface area contributed by atoms with Crippen LogP contribution < -0.4 is 5.32 Å². The van der Waals surface area contributed by atoms with Gasteiger partial charge in [-0.25, -0.2) is 4.98 Å². The Kier molecular flexibility index (Phi) is 3.68. The maximum atomic E-state index is 5.36. The van der Waals surface area contributed by atoms with Crippen LogP contribution in [0.3, 0.4) is 0 Å². The Morgan fingerprint density at radius 1 is 1.15 bits per heavy atom. The molecule has 3 heteroatoms. The van der Waals surface area contributed by atoms with E-state index in [0.29, 0.717) is 6.04 Å². The fourth-order valence-electron chi connectivity index (χ4n) is 2.35. The molecule has 1 unspecified atom stereocenters. The van der Waals surface area contributed by atoms with E-state index in [0.717, 1.165) is 24.4 Å². The van der Waals surface area contributed by atoms with E-state index >= 15 is 0 Å². The second-order valence-electron chi connectivity index (χ2n) is 5.04. The Labute approximate surface area is 118 Å². The summed E-state index contributed by atoms with van der Waals surface area (Å²) in [7, 11) is 0. The minimum absolute atomic E-state index is 0.346. The second-order valence-corrected chi connectivity index (χ2v) is 5.04. The zero-order valence-corrected chi connectivity index (χ0v) is 11.5. The number of hydrogen-bond acceptors (Lipinski definition) is 3. The predicted molar refractivity (Wildman–Crippen MR) is 81.9 cm³/mol. The highest BCUT2D eigenvalue weighted by Gasteiger charge is 2.07. The second kappa shape index (κ2) is 5.78. The fraction of sp³-hybridized carbons (Fsp3) is 0.235. The average molecular weight is 266 g/mol. The third kappa shape index (κ3) is 2.82. The number of aromatic nitrogens is 1. The SMILES string of the molecule is CC(CCc1ccco1)Nc1nccc2ccccc12. The van der Waals surface area contributed by atoms with Gasteiger partial charge in [-0.3, -0.25) is 0 Å². The summed E-state index contributed by atoms with van der Waals surface area (Å²) in [5, 5.41) is 5.87. The normalized spacial score (nSPS) is 12.4. The lowest BCUT2D eigenvalue weighted by Crippen LogP contribution is -2.17. The van der Waals surface area contributed by atoms with Gasteiger partial charge in [0.15, 0.2) is 0 Å². The number of anilines is 1. The third-order valence-electron chi connectivity index (χ3n) is 3.46. The summed E-state index contributed by atoms with van der Waals surface area (Å²) in [6, 6.07) is 14.6. The lowest BCUT2D eigenvalue weighted by atomic mass is 10.1. The quantitative estimate of drug-likeness (QED) is 0.749. The molecule has 102 valence electrons. The number of fused-ring (bicyclic) bond motifs is 1. The van der Waals surface area contributed by atoms with Crippen LogP contribution in [0.15, 0.2) is 59.3 Å². The van der Waals surface area contributed by atoms with Crippen LogP contribution in [0, 0.1) is 0 Å². The van der Waals surface area contributed by atoms with Crippen molar-refractivity contribution in [2.24, 2.45) is 0 Å². The van der Waals surface area contributed by atoms with Gasteiger partial charge in [-0.05, 0) is 36.9 Å². The molecule has 20 heavy (non-hydrogen) atoms. The van der Waals surface area contributed by atoms with Crippen LogP contribution >= 0.6 is 0 Å². The van der Waals surface area contributed by atoms with Crippen LogP contribution in [0.25, 0.3) is 10.8 Å². The summed E-state index contributed by atoms with van der Waals surface area (Å²) in [6.45, 7) is 2.17. The maximum Gasteiger partial charge on any atom is 0.134 e. The molecule has 1 atom stereocenters. The van der Waals surface area contributed by atoms with E-state index in [1.807, 2.05) is 36.5 Å². The number of pyridine rings is 1. The summed E-state index contributed by atoms with van der Waals surface area (Å²) in [6.07, 6.45) is 5.52. The van der Waals surface area contributed by atoms with Gasteiger partial charge in [0.25, 0.3) is 0 Å². The molecule has 0 spiro atoms. The molecule has 0 fully saturated rings. The van der Waals surface area contributed by atoms with Gasteiger partial charge in [-0.2, -0.15) is 0 Å². The number of hydrogen-bond donors (Lipinski definition) is 1. The number of furan rings is 1. The van der Waals surface area contributed by atoms with Gasteiger partial charge >= 0.3 is 0 Å². The molecule has 0 aliphatic rings. The topological polar surface area (TPSA) is 38.1 Å². The molecule has 0 saturated heterocycles. The van der Waals surface area contributed by atoms with E-state index in [1.165, 1.54) is 10.8 Å². The van der Waals surface area contributed by atoms with Crippen LogP contribution in [-0.2, 0) is 6.42 Å². The first-order valence-electron chi connectivity index (χ1n) is 6.95. The smallest absolute Gasteiger partial charge is 0.134 e. The van der Waals surface area contributed by atoms with Crippen LogP contribution in [0.2, 0.25) is 0 Å².